The quantitative estimate of drug-likeness (QED) is 0.0129. The van der Waals surface area contributed by atoms with E-state index in [1.165, 1.54) is 24.3 Å². The molecule has 0 aliphatic heterocycles. The van der Waals surface area contributed by atoms with Crippen molar-refractivity contribution in [3.05, 3.63) is 237 Å². The molecule has 9 rings (SSSR count). The molecule has 12 N–H and O–H groups in total. The Morgan fingerprint density at radius 3 is 0.656 bits per heavy atom. The lowest BCUT2D eigenvalue weighted by Gasteiger charge is -2.24. The van der Waals surface area contributed by atoms with Crippen molar-refractivity contribution in [3.63, 3.8) is 0 Å². The second kappa shape index (κ2) is 34.8. The molecule has 16 heteroatoms. The average Bonchev–Trinajstić information content (AvgIpc) is 0.778. The number of hydrogen-bond acceptors (Lipinski definition) is 12. The van der Waals surface area contributed by atoms with Gasteiger partial charge < -0.3 is 63.1 Å². The number of ether oxygens (including phenoxy) is 4. The summed E-state index contributed by atoms with van der Waals surface area (Å²) in [6.45, 7) is 10.2. The third kappa shape index (κ3) is 20.5. The van der Waals surface area contributed by atoms with E-state index >= 15 is 0 Å². The third-order valence-corrected chi connectivity index (χ3v) is 16.0. The Kier molecular flexibility index (Phi) is 25.1. The van der Waals surface area contributed by atoms with Crippen LogP contribution in [0.3, 0.4) is 0 Å². The first-order valence-corrected chi connectivity index (χ1v) is 33.1. The van der Waals surface area contributed by atoms with Crippen LogP contribution in [0, 0.1) is 0 Å². The number of unbranched alkanes of at least 4 members (excludes halogenated alkanes) is 4. The van der Waals surface area contributed by atoms with Gasteiger partial charge in [0.25, 0.3) is 0 Å². The first kappa shape index (κ1) is 69.3. The smallest absolute Gasteiger partial charge is 0.248 e. The molecule has 0 unspecified atom stereocenters. The highest BCUT2D eigenvalue weighted by Crippen LogP contribution is 2.42. The van der Waals surface area contributed by atoms with Crippen molar-refractivity contribution < 1.29 is 38.1 Å². The molecule has 0 radical (unpaired) electrons. The minimum atomic E-state index is -0.339. The Labute approximate surface area is 563 Å². The zero-order valence-corrected chi connectivity index (χ0v) is 55.4. The number of benzene rings is 8. The van der Waals surface area contributed by atoms with Gasteiger partial charge in [0.15, 0.2) is 0 Å². The summed E-state index contributed by atoms with van der Waals surface area (Å²) in [5.41, 5.74) is 38.2. The lowest BCUT2D eigenvalue weighted by atomic mass is 9.88. The topological polar surface area (TPSA) is 257 Å². The lowest BCUT2D eigenvalue weighted by Crippen LogP contribution is -2.12. The van der Waals surface area contributed by atoms with E-state index in [0.29, 0.717) is 94.9 Å². The molecule has 8 aromatic carbocycles. The van der Waals surface area contributed by atoms with Gasteiger partial charge in [-0.05, 0) is 262 Å². The van der Waals surface area contributed by atoms with Gasteiger partial charge in [-0.2, -0.15) is 0 Å². The van der Waals surface area contributed by atoms with Crippen molar-refractivity contribution in [1.82, 2.24) is 0 Å². The molecule has 1 aliphatic carbocycles. The highest BCUT2D eigenvalue weighted by atomic mass is 16.5. The highest BCUT2D eigenvalue weighted by molar-refractivity contribution is 6.04. The molecule has 0 aromatic heterocycles. The SMILES string of the molecule is CCCCOc1c2cc(C=CC(=O)Nc3ccc(N)cc3)cc1Cc1cc(/C=C/C(=O)Nc3ccc(N)cc3)cc(c1OCCCC)Cc1cc(/C=C/C(=O)Nc3ccc(N)cc3)cc(c1OCCCC)Cc1cc(/C=C/C(=O)Nc3ccc(N)cc3)cc(c1OCCCC)C2. The maximum Gasteiger partial charge on any atom is 0.248 e. The number of carbonyl (C=O) groups is 4. The molecule has 16 nitrogen and oxygen atoms in total. The normalized spacial score (nSPS) is 12.0. The summed E-state index contributed by atoms with van der Waals surface area (Å²) in [5, 5.41) is 11.9. The molecular weight excluding hydrogens is 1200 g/mol. The zero-order chi connectivity index (χ0) is 67.8. The minimum absolute atomic E-state index is 0.287. The van der Waals surface area contributed by atoms with E-state index in [2.05, 4.69) is 97.5 Å². The fourth-order valence-electron chi connectivity index (χ4n) is 11.1. The second-order valence-corrected chi connectivity index (χ2v) is 24.0. The number of rotatable bonds is 28. The molecule has 0 fully saturated rings. The molecule has 0 heterocycles. The van der Waals surface area contributed by atoms with Crippen LogP contribution in [-0.4, -0.2) is 50.1 Å². The van der Waals surface area contributed by atoms with Gasteiger partial charge in [-0.3, -0.25) is 19.2 Å². The van der Waals surface area contributed by atoms with E-state index in [0.717, 1.165) is 118 Å². The summed E-state index contributed by atoms with van der Waals surface area (Å²) in [5.74, 6) is 1.32. The number of anilines is 8. The molecule has 96 heavy (non-hydrogen) atoms. The van der Waals surface area contributed by atoms with Crippen molar-refractivity contribution >= 4 is 93.4 Å². The molecule has 0 spiro atoms. The van der Waals surface area contributed by atoms with Crippen LogP contribution in [0.15, 0.2) is 170 Å². The lowest BCUT2D eigenvalue weighted by molar-refractivity contribution is -0.112. The van der Waals surface area contributed by atoms with E-state index in [4.69, 9.17) is 41.9 Å². The summed E-state index contributed by atoms with van der Waals surface area (Å²) in [6.07, 6.45) is 21.1. The van der Waals surface area contributed by atoms with Crippen molar-refractivity contribution in [2.75, 3.05) is 70.6 Å². The Morgan fingerprint density at radius 1 is 0.312 bits per heavy atom. The third-order valence-electron chi connectivity index (χ3n) is 16.0. The van der Waals surface area contributed by atoms with Gasteiger partial charge in [0, 0.05) is 95.5 Å². The fourth-order valence-corrected chi connectivity index (χ4v) is 11.1. The summed E-state index contributed by atoms with van der Waals surface area (Å²) in [6, 6.07) is 44.4. The Hall–Kier alpha value is -11.0. The van der Waals surface area contributed by atoms with Gasteiger partial charge in [0.2, 0.25) is 23.6 Å². The largest absolute Gasteiger partial charge is 0.493 e. The van der Waals surface area contributed by atoms with Crippen molar-refractivity contribution in [3.8, 4) is 23.0 Å². The highest BCUT2D eigenvalue weighted by Gasteiger charge is 2.25. The van der Waals surface area contributed by atoms with E-state index in [1.807, 2.05) is 0 Å². The van der Waals surface area contributed by atoms with Gasteiger partial charge in [0.05, 0.1) is 26.4 Å². The first-order valence-electron chi connectivity index (χ1n) is 33.1. The number of nitrogen functional groups attached to an aromatic ring is 4. The molecule has 8 bridgehead atoms. The molecule has 0 atom stereocenters. The molecule has 4 amide bonds. The van der Waals surface area contributed by atoms with Crippen LogP contribution in [0.4, 0.5) is 45.5 Å². The Bertz CT molecular complexity index is 3490. The van der Waals surface area contributed by atoms with Gasteiger partial charge in [-0.25, -0.2) is 0 Å². The average molecular weight is 1290 g/mol. The van der Waals surface area contributed by atoms with E-state index in [9.17, 15) is 19.2 Å². The number of fused-ring (bicyclic) bond motifs is 8. The van der Waals surface area contributed by atoms with Crippen LogP contribution in [0.25, 0.3) is 24.3 Å². The molecule has 0 saturated heterocycles. The van der Waals surface area contributed by atoms with E-state index in [-0.39, 0.29) is 49.3 Å². The van der Waals surface area contributed by atoms with Crippen molar-refractivity contribution in [1.29, 1.82) is 0 Å². The minimum Gasteiger partial charge on any atom is -0.493 e. The zero-order valence-electron chi connectivity index (χ0n) is 55.4. The number of carbonyl (C=O) groups excluding carboxylic acids is 4. The predicted molar refractivity (Wildman–Crippen MR) is 393 cm³/mol. The van der Waals surface area contributed by atoms with Crippen LogP contribution >= 0.6 is 0 Å². The Balaban J connectivity index is 1.32. The number of nitrogens with one attached hydrogen (secondary N) is 4. The van der Waals surface area contributed by atoms with Gasteiger partial charge in [-0.15, -0.1) is 0 Å². The fraction of sp³-hybridized carbons (Fsp3) is 0.250. The molecule has 496 valence electrons. The first-order chi connectivity index (χ1) is 46.6. The van der Waals surface area contributed by atoms with E-state index in [1.54, 1.807) is 121 Å². The number of hydrogen-bond donors (Lipinski definition) is 8. The Morgan fingerprint density at radius 2 is 0.490 bits per heavy atom. The molecule has 8 aromatic rings. The number of amides is 4. The van der Waals surface area contributed by atoms with Crippen LogP contribution in [0.2, 0.25) is 0 Å². The second-order valence-electron chi connectivity index (χ2n) is 24.0. The van der Waals surface area contributed by atoms with Gasteiger partial charge in [-0.1, -0.05) is 53.4 Å². The summed E-state index contributed by atoms with van der Waals surface area (Å²) < 4.78 is 28.3. The summed E-state index contributed by atoms with van der Waals surface area (Å²) >= 11 is 0. The van der Waals surface area contributed by atoms with E-state index < -0.39 is 0 Å². The molecule has 0 saturated carbocycles. The summed E-state index contributed by atoms with van der Waals surface area (Å²) in [7, 11) is 0. The van der Waals surface area contributed by atoms with Crippen LogP contribution in [-0.2, 0) is 44.9 Å². The van der Waals surface area contributed by atoms with Crippen molar-refractivity contribution in [2.45, 2.75) is 105 Å². The maximum atomic E-state index is 13.8. The summed E-state index contributed by atoms with van der Waals surface area (Å²) in [4.78, 5) is 55.3. The molecular formula is C80H88N8O8. The van der Waals surface area contributed by atoms with Crippen LogP contribution < -0.4 is 63.1 Å². The van der Waals surface area contributed by atoms with Crippen LogP contribution in [0.1, 0.15) is 146 Å². The number of nitrogens with two attached hydrogens (primary N) is 4. The molecule has 1 aliphatic rings. The van der Waals surface area contributed by atoms with Crippen molar-refractivity contribution in [2.24, 2.45) is 0 Å². The van der Waals surface area contributed by atoms with Gasteiger partial charge >= 0.3 is 0 Å². The van der Waals surface area contributed by atoms with Crippen LogP contribution in [0.5, 0.6) is 23.0 Å². The predicted octanol–water partition coefficient (Wildman–Crippen LogP) is 16.0. The monoisotopic (exact) mass is 1290 g/mol. The maximum absolute atomic E-state index is 13.8. The van der Waals surface area contributed by atoms with Gasteiger partial charge in [0.1, 0.15) is 23.0 Å². The standard InChI is InChI=1S/C80H88N8O8/c1-5-9-37-93-77-57-41-53(13-33-73(89)85-69-25-17-65(81)18-26-69)42-58(77)50-60-44-55(15-35-75(91)87-71-29-21-67(83)22-30-71)46-62(79(60)95-39-11-7-3)52-64-48-56(16-36-76(92)88-72-31-23-68(84)24-32-72)47-63(80(64)96-40-12-8-4)51-61-45-54(43-59(49-57)78(61)94-38-10-6-2)14-34-74(90)86-70-27-19-66(82)20-28-70/h13-36,41-48H,5-12,37-40,49-52,81-84H2,1-4H3,(H,85,89)(H,86,90)(H,87,91)(H,88,92)/b33-13+,34-14+,35-15+,36-16?.